The molecule has 0 aliphatic carbocycles. The smallest absolute Gasteiger partial charge is 0.248 e. The topological polar surface area (TPSA) is 108 Å². The Labute approximate surface area is 138 Å². The Hall–Kier alpha value is -1.52. The Morgan fingerprint density at radius 2 is 2.26 bits per heavy atom. The van der Waals surface area contributed by atoms with E-state index in [2.05, 4.69) is 15.6 Å². The minimum absolute atomic E-state index is 0.0755. The van der Waals surface area contributed by atoms with Gasteiger partial charge in [-0.2, -0.15) is 4.31 Å². The molecule has 2 aliphatic heterocycles. The zero-order valence-corrected chi connectivity index (χ0v) is 14.3. The molecule has 2 N–H and O–H groups in total. The highest BCUT2D eigenvalue weighted by Gasteiger charge is 2.30. The predicted octanol–water partition coefficient (Wildman–Crippen LogP) is 0.0680. The number of anilines is 1. The van der Waals surface area contributed by atoms with Gasteiger partial charge in [0.15, 0.2) is 5.13 Å². The van der Waals surface area contributed by atoms with Gasteiger partial charge in [0.05, 0.1) is 11.4 Å². The van der Waals surface area contributed by atoms with E-state index in [1.54, 1.807) is 6.92 Å². The van der Waals surface area contributed by atoms with E-state index in [9.17, 15) is 18.0 Å². The fraction of sp³-hybridized carbons (Fsp3) is 0.615. The lowest BCUT2D eigenvalue weighted by atomic mass is 10.2. The summed E-state index contributed by atoms with van der Waals surface area (Å²) in [5.74, 6) is -0.324. The molecule has 0 spiro atoms. The van der Waals surface area contributed by atoms with Gasteiger partial charge in [0, 0.05) is 30.8 Å². The molecule has 0 saturated carbocycles. The van der Waals surface area contributed by atoms with E-state index >= 15 is 0 Å². The van der Waals surface area contributed by atoms with Crippen molar-refractivity contribution in [3.8, 4) is 0 Å². The van der Waals surface area contributed by atoms with E-state index < -0.39 is 16.1 Å². The number of sulfonamides is 1. The zero-order chi connectivity index (χ0) is 16.6. The van der Waals surface area contributed by atoms with E-state index in [-0.39, 0.29) is 17.6 Å². The van der Waals surface area contributed by atoms with E-state index in [1.165, 1.54) is 15.6 Å². The number of hydrogen-bond acceptors (Lipinski definition) is 6. The Balaban J connectivity index is 1.69. The van der Waals surface area contributed by atoms with Crippen molar-refractivity contribution in [3.63, 3.8) is 0 Å². The first-order valence-corrected chi connectivity index (χ1v) is 9.88. The number of hydrogen-bond donors (Lipinski definition) is 2. The van der Waals surface area contributed by atoms with Crippen molar-refractivity contribution in [1.82, 2.24) is 14.6 Å². The lowest BCUT2D eigenvalue weighted by Gasteiger charge is -2.24. The van der Waals surface area contributed by atoms with Crippen molar-refractivity contribution >= 4 is 38.3 Å². The number of nitrogens with one attached hydrogen (secondary N) is 2. The molecular weight excluding hydrogens is 340 g/mol. The van der Waals surface area contributed by atoms with Gasteiger partial charge in [-0.1, -0.05) is 0 Å². The normalized spacial score (nSPS) is 21.8. The summed E-state index contributed by atoms with van der Waals surface area (Å²) >= 11 is 1.29. The Kier molecular flexibility index (Phi) is 4.39. The molecular formula is C13H18N4O4S2. The van der Waals surface area contributed by atoms with Gasteiger partial charge >= 0.3 is 0 Å². The number of nitrogens with zero attached hydrogens (tertiary/aromatic N) is 2. The number of fused-ring (bicyclic) bond motifs is 1. The lowest BCUT2D eigenvalue weighted by molar-refractivity contribution is -0.122. The zero-order valence-electron chi connectivity index (χ0n) is 12.7. The van der Waals surface area contributed by atoms with Crippen LogP contribution in [0.2, 0.25) is 0 Å². The summed E-state index contributed by atoms with van der Waals surface area (Å²) in [6.45, 7) is 2.34. The average Bonchev–Trinajstić information content (AvgIpc) is 3.11. The van der Waals surface area contributed by atoms with E-state index in [0.29, 0.717) is 37.5 Å². The Bertz CT molecular complexity index is 743. The van der Waals surface area contributed by atoms with Crippen LogP contribution in [-0.2, 0) is 32.6 Å². The molecule has 10 heteroatoms. The summed E-state index contributed by atoms with van der Waals surface area (Å²) in [5.41, 5.74) is 0.836. The molecule has 0 aromatic carbocycles. The molecule has 1 unspecified atom stereocenters. The second-order valence-corrected chi connectivity index (χ2v) is 8.86. The van der Waals surface area contributed by atoms with Gasteiger partial charge in [0.25, 0.3) is 0 Å². The van der Waals surface area contributed by atoms with Crippen LogP contribution in [0.4, 0.5) is 5.13 Å². The fourth-order valence-electron chi connectivity index (χ4n) is 2.65. The molecule has 2 amide bonds. The van der Waals surface area contributed by atoms with Crippen molar-refractivity contribution in [2.24, 2.45) is 0 Å². The molecule has 1 aromatic rings. The molecule has 1 atom stereocenters. The summed E-state index contributed by atoms with van der Waals surface area (Å²) < 4.78 is 25.4. The third-order valence-electron chi connectivity index (χ3n) is 4.00. The predicted molar refractivity (Wildman–Crippen MR) is 85.5 cm³/mol. The van der Waals surface area contributed by atoms with E-state index in [0.717, 1.165) is 10.6 Å². The van der Waals surface area contributed by atoms with Crippen molar-refractivity contribution < 1.29 is 18.0 Å². The molecule has 0 bridgehead atoms. The molecule has 3 heterocycles. The summed E-state index contributed by atoms with van der Waals surface area (Å²) in [5, 5.41) is 5.78. The SMILES string of the molecule is CCS(=O)(=O)N1CCc2nc(NC(=O)C3CCC(=O)N3)sc2C1. The van der Waals surface area contributed by atoms with Crippen LogP contribution < -0.4 is 10.6 Å². The van der Waals surface area contributed by atoms with Gasteiger partial charge in [-0.25, -0.2) is 13.4 Å². The van der Waals surface area contributed by atoms with Crippen LogP contribution in [0.3, 0.4) is 0 Å². The van der Waals surface area contributed by atoms with Gasteiger partial charge in [0.1, 0.15) is 6.04 Å². The summed E-state index contributed by atoms with van der Waals surface area (Å²) in [6.07, 6.45) is 1.38. The largest absolute Gasteiger partial charge is 0.344 e. The molecule has 23 heavy (non-hydrogen) atoms. The molecule has 0 radical (unpaired) electrons. The first-order valence-electron chi connectivity index (χ1n) is 7.45. The number of aromatic nitrogens is 1. The van der Waals surface area contributed by atoms with Crippen LogP contribution in [0.5, 0.6) is 0 Å². The lowest BCUT2D eigenvalue weighted by Crippen LogP contribution is -2.37. The highest BCUT2D eigenvalue weighted by molar-refractivity contribution is 7.89. The molecule has 1 saturated heterocycles. The average molecular weight is 358 g/mol. The monoisotopic (exact) mass is 358 g/mol. The van der Waals surface area contributed by atoms with Crippen LogP contribution in [0.15, 0.2) is 0 Å². The quantitative estimate of drug-likeness (QED) is 0.792. The van der Waals surface area contributed by atoms with Crippen LogP contribution in [0.25, 0.3) is 0 Å². The highest BCUT2D eigenvalue weighted by atomic mass is 32.2. The first kappa shape index (κ1) is 16.3. The van der Waals surface area contributed by atoms with Crippen molar-refractivity contribution in [2.75, 3.05) is 17.6 Å². The van der Waals surface area contributed by atoms with Gasteiger partial charge in [-0.15, -0.1) is 11.3 Å². The number of carbonyl (C=O) groups is 2. The second kappa shape index (κ2) is 6.17. The maximum Gasteiger partial charge on any atom is 0.248 e. The van der Waals surface area contributed by atoms with Crippen molar-refractivity contribution in [3.05, 3.63) is 10.6 Å². The third kappa shape index (κ3) is 3.38. The maximum absolute atomic E-state index is 12.1. The molecule has 126 valence electrons. The molecule has 1 aromatic heterocycles. The van der Waals surface area contributed by atoms with Gasteiger partial charge in [0.2, 0.25) is 21.8 Å². The van der Waals surface area contributed by atoms with Crippen LogP contribution in [0.1, 0.15) is 30.3 Å². The number of carbonyl (C=O) groups excluding carboxylic acids is 2. The van der Waals surface area contributed by atoms with Crippen LogP contribution >= 0.6 is 11.3 Å². The fourth-order valence-corrected chi connectivity index (χ4v) is 4.82. The Morgan fingerprint density at radius 1 is 1.48 bits per heavy atom. The number of rotatable bonds is 4. The molecule has 1 fully saturated rings. The van der Waals surface area contributed by atoms with Crippen molar-refractivity contribution in [2.45, 2.75) is 38.8 Å². The van der Waals surface area contributed by atoms with Crippen molar-refractivity contribution in [1.29, 1.82) is 0 Å². The van der Waals surface area contributed by atoms with Gasteiger partial charge in [-0.3, -0.25) is 9.59 Å². The van der Waals surface area contributed by atoms with E-state index in [1.807, 2.05) is 0 Å². The summed E-state index contributed by atoms with van der Waals surface area (Å²) in [7, 11) is -3.22. The number of amides is 2. The standard InChI is InChI=1S/C13H18N4O4S2/c1-2-23(20,21)17-6-5-8-10(7-17)22-13(15-8)16-12(19)9-3-4-11(18)14-9/h9H,2-7H2,1H3,(H,14,18)(H,15,16,19). The summed E-state index contributed by atoms with van der Waals surface area (Å²) in [4.78, 5) is 28.5. The van der Waals surface area contributed by atoms with Crippen LogP contribution in [0, 0.1) is 0 Å². The first-order chi connectivity index (χ1) is 10.9. The molecule has 2 aliphatic rings. The molecule has 8 nitrogen and oxygen atoms in total. The number of thiazole rings is 1. The van der Waals surface area contributed by atoms with E-state index in [4.69, 9.17) is 0 Å². The second-order valence-electron chi connectivity index (χ2n) is 5.52. The van der Waals surface area contributed by atoms with Gasteiger partial charge in [-0.05, 0) is 13.3 Å². The third-order valence-corrected chi connectivity index (χ3v) is 6.82. The molecule has 3 rings (SSSR count). The minimum atomic E-state index is -3.22. The minimum Gasteiger partial charge on any atom is -0.344 e. The Morgan fingerprint density at radius 3 is 2.91 bits per heavy atom. The summed E-state index contributed by atoms with van der Waals surface area (Å²) in [6, 6.07) is -0.514. The van der Waals surface area contributed by atoms with Gasteiger partial charge < -0.3 is 10.6 Å². The van der Waals surface area contributed by atoms with Crippen LogP contribution in [-0.4, -0.2) is 47.9 Å². The highest BCUT2D eigenvalue weighted by Crippen LogP contribution is 2.29. The maximum atomic E-state index is 12.1.